The fourth-order valence-corrected chi connectivity index (χ4v) is 5.03. The molecule has 1 aliphatic carbocycles. The predicted molar refractivity (Wildman–Crippen MR) is 133 cm³/mol. The third kappa shape index (κ3) is 5.94. The number of hydrogen-bond donors (Lipinski definition) is 1. The summed E-state index contributed by atoms with van der Waals surface area (Å²) in [7, 11) is 0. The zero-order valence-electron chi connectivity index (χ0n) is 19.5. The summed E-state index contributed by atoms with van der Waals surface area (Å²) in [6.45, 7) is 1.50. The second-order valence-electron chi connectivity index (χ2n) is 8.87. The number of ether oxygens (including phenoxy) is 1. The summed E-state index contributed by atoms with van der Waals surface area (Å²) in [6.07, 6.45) is 18.7. The molecule has 2 aromatic heterocycles. The molecule has 1 aromatic carbocycles. The first kappa shape index (κ1) is 23.6. The number of fused-ring (bicyclic) bond motifs is 2. The molecule has 2 aliphatic rings. The van der Waals surface area contributed by atoms with E-state index < -0.39 is 0 Å². The minimum atomic E-state index is -0.194. The number of benzene rings is 1. The molecule has 0 bridgehead atoms. The first-order valence-electron chi connectivity index (χ1n) is 12.1. The first-order chi connectivity index (χ1) is 17.2. The van der Waals surface area contributed by atoms with Crippen molar-refractivity contribution in [3.05, 3.63) is 90.4 Å². The number of allylic oxidation sites excluding steroid dienone is 3. The number of amides is 1. The van der Waals surface area contributed by atoms with Gasteiger partial charge in [-0.1, -0.05) is 0 Å². The van der Waals surface area contributed by atoms with Crippen molar-refractivity contribution in [3.63, 3.8) is 0 Å². The van der Waals surface area contributed by atoms with Gasteiger partial charge in [0.2, 0.25) is 0 Å². The van der Waals surface area contributed by atoms with E-state index in [4.69, 9.17) is 4.74 Å². The quantitative estimate of drug-likeness (QED) is 0.433. The van der Waals surface area contributed by atoms with Crippen molar-refractivity contribution in [2.24, 2.45) is 0 Å². The molecule has 0 spiro atoms. The third-order valence-electron chi connectivity index (χ3n) is 6.25. The van der Waals surface area contributed by atoms with Crippen LogP contribution in [0.15, 0.2) is 73.4 Å². The summed E-state index contributed by atoms with van der Waals surface area (Å²) in [4.78, 5) is 22.2. The molecule has 1 N–H and O–H groups in total. The van der Waals surface area contributed by atoms with Crippen LogP contribution >= 0.6 is 0 Å². The molecule has 0 unspecified atom stereocenters. The number of nitrogens with zero attached hydrogens (tertiary/aromatic N) is 3. The normalized spacial score (nSPS) is 17.1. The molecule has 0 radical (unpaired) electrons. The number of aromatic nitrogens is 3. The number of nitrogens with one attached hydrogen (secondary N) is 1. The molecule has 178 valence electrons. The summed E-state index contributed by atoms with van der Waals surface area (Å²) >= 11 is 1.36. The fraction of sp³-hybridized carbons (Fsp3) is 0.286. The molecule has 5 rings (SSSR count). The Morgan fingerprint density at radius 3 is 2.74 bits per heavy atom. The summed E-state index contributed by atoms with van der Waals surface area (Å²) in [5.74, 6) is 2.04. The number of rotatable bonds is 2. The van der Waals surface area contributed by atoms with Gasteiger partial charge in [0.25, 0.3) is 0 Å². The monoisotopic (exact) mass is 636 g/mol. The van der Waals surface area contributed by atoms with E-state index in [0.29, 0.717) is 23.8 Å². The summed E-state index contributed by atoms with van der Waals surface area (Å²) in [6, 6.07) is 10.00. The number of pyridine rings is 1. The van der Waals surface area contributed by atoms with Crippen molar-refractivity contribution < 1.29 is 28.9 Å². The van der Waals surface area contributed by atoms with Crippen molar-refractivity contribution in [2.75, 3.05) is 6.61 Å². The molecule has 35 heavy (non-hydrogen) atoms. The van der Waals surface area contributed by atoms with Crippen LogP contribution < -0.4 is 10.1 Å². The molecule has 3 heterocycles. The standard InChI is InChI=1S/C28H28N4O2.W/c33-28-24-19-22(23-10-12-25(31-20-23)21-8-9-21)11-13-26(24)34-18-6-2-5-16-32-17-15-29-27(32)7-3-1-4-14-30-28;/h1,3-4,10-15,17,19-21H,2,5-6,8-9,16,18H2,(H,30,33);. The van der Waals surface area contributed by atoms with E-state index in [1.807, 2.05) is 55.0 Å². The van der Waals surface area contributed by atoms with Crippen LogP contribution in [0.1, 0.15) is 59.9 Å². The number of carbonyl (C=O) groups is 1. The van der Waals surface area contributed by atoms with Crippen molar-refractivity contribution in [2.45, 2.75) is 44.6 Å². The van der Waals surface area contributed by atoms with Crippen LogP contribution in [0.2, 0.25) is 0 Å². The second kappa shape index (κ2) is 11.1. The van der Waals surface area contributed by atoms with Gasteiger partial charge in [-0.15, -0.1) is 0 Å². The van der Waals surface area contributed by atoms with Crippen LogP contribution in [-0.4, -0.2) is 30.9 Å². The van der Waals surface area contributed by atoms with E-state index in [0.717, 1.165) is 52.4 Å². The summed E-state index contributed by atoms with van der Waals surface area (Å²) in [5.41, 5.74) is 3.64. The average molecular weight is 636 g/mol. The summed E-state index contributed by atoms with van der Waals surface area (Å²) < 4.78 is 9.44. The molecule has 1 amide bonds. The number of aryl methyl sites for hydroxylation is 1. The van der Waals surface area contributed by atoms with Crippen LogP contribution in [0, 0.1) is 0 Å². The van der Waals surface area contributed by atoms with Crippen LogP contribution in [0.3, 0.4) is 0 Å². The van der Waals surface area contributed by atoms with E-state index in [1.54, 1.807) is 6.20 Å². The Bertz CT molecular complexity index is 1270. The Morgan fingerprint density at radius 2 is 1.91 bits per heavy atom. The van der Waals surface area contributed by atoms with Crippen LogP contribution in [0.5, 0.6) is 5.75 Å². The molecular weight excluding hydrogens is 608 g/mol. The van der Waals surface area contributed by atoms with Gasteiger partial charge in [0.15, 0.2) is 0 Å². The molecular formula is C28H28N4O2W. The summed E-state index contributed by atoms with van der Waals surface area (Å²) in [5, 5.41) is 2.88. The average Bonchev–Trinajstić information content (AvgIpc) is 3.63. The van der Waals surface area contributed by atoms with E-state index in [2.05, 4.69) is 32.0 Å². The zero-order chi connectivity index (χ0) is 24.0. The topological polar surface area (TPSA) is 69.0 Å². The van der Waals surface area contributed by atoms with Crippen molar-refractivity contribution in [3.8, 4) is 16.9 Å². The molecule has 0 atom stereocenters. The molecule has 3 aromatic rings. The van der Waals surface area contributed by atoms with Gasteiger partial charge in [-0.25, -0.2) is 0 Å². The van der Waals surface area contributed by atoms with Gasteiger partial charge in [0.1, 0.15) is 0 Å². The van der Waals surface area contributed by atoms with Gasteiger partial charge in [-0.3, -0.25) is 4.98 Å². The van der Waals surface area contributed by atoms with E-state index in [1.165, 1.54) is 32.2 Å². The minimum absolute atomic E-state index is 0.194. The van der Waals surface area contributed by atoms with Gasteiger partial charge in [0.05, 0.1) is 0 Å². The predicted octanol–water partition coefficient (Wildman–Crippen LogP) is 4.95. The Labute approximate surface area is 216 Å². The van der Waals surface area contributed by atoms with E-state index in [-0.39, 0.29) is 5.91 Å². The number of carbonyl (C=O) groups excluding carboxylic acids is 1. The maximum atomic E-state index is 13.1. The first-order valence-corrected chi connectivity index (χ1v) is 13.6. The van der Waals surface area contributed by atoms with E-state index in [9.17, 15) is 4.79 Å². The van der Waals surface area contributed by atoms with Gasteiger partial charge < -0.3 is 0 Å². The maximum absolute atomic E-state index is 13.1. The van der Waals surface area contributed by atoms with Gasteiger partial charge in [-0.2, -0.15) is 0 Å². The van der Waals surface area contributed by atoms with Gasteiger partial charge >= 0.3 is 182 Å². The number of imidazole rings is 1. The van der Waals surface area contributed by atoms with Crippen LogP contribution in [0.4, 0.5) is 0 Å². The van der Waals surface area contributed by atoms with Gasteiger partial charge in [0, 0.05) is 11.6 Å². The van der Waals surface area contributed by atoms with Crippen LogP contribution in [0.25, 0.3) is 11.1 Å². The molecule has 1 saturated carbocycles. The molecule has 6 nitrogen and oxygen atoms in total. The SMILES string of the molecule is O=C1NC=CC=C[C](=[W])c2nccn2CCCCCOc2ccc(-c3ccc(C4CC4)nc3)cc21. The van der Waals surface area contributed by atoms with E-state index >= 15 is 0 Å². The number of hydrogen-bond acceptors (Lipinski definition) is 4. The van der Waals surface area contributed by atoms with Crippen LogP contribution in [-0.2, 0) is 25.9 Å². The Morgan fingerprint density at radius 1 is 1.03 bits per heavy atom. The van der Waals surface area contributed by atoms with Gasteiger partial charge in [-0.05, 0) is 18.9 Å². The second-order valence-corrected chi connectivity index (χ2v) is 10.4. The third-order valence-corrected chi connectivity index (χ3v) is 7.39. The Hall–Kier alpha value is -3.11. The van der Waals surface area contributed by atoms with Crippen molar-refractivity contribution in [1.82, 2.24) is 19.9 Å². The molecule has 1 fully saturated rings. The zero-order valence-corrected chi connectivity index (χ0v) is 22.5. The Kier molecular flexibility index (Phi) is 7.48. The van der Waals surface area contributed by atoms with Crippen molar-refractivity contribution >= 4 is 9.81 Å². The molecule has 0 saturated heterocycles. The Balaban J connectivity index is 1.36. The molecule has 7 heteroatoms. The fourth-order valence-electron chi connectivity index (χ4n) is 4.14. The molecule has 1 aliphatic heterocycles. The van der Waals surface area contributed by atoms with Crippen molar-refractivity contribution in [1.29, 1.82) is 0 Å².